The molecule has 1 aliphatic rings. The van der Waals surface area contributed by atoms with E-state index in [-0.39, 0.29) is 23.9 Å². The van der Waals surface area contributed by atoms with Crippen molar-refractivity contribution in [3.63, 3.8) is 0 Å². The van der Waals surface area contributed by atoms with Crippen molar-refractivity contribution in [2.24, 2.45) is 0 Å². The van der Waals surface area contributed by atoms with Crippen LogP contribution in [0.4, 0.5) is 0 Å². The van der Waals surface area contributed by atoms with E-state index in [1.54, 1.807) is 15.4 Å². The van der Waals surface area contributed by atoms with E-state index in [2.05, 4.69) is 10.4 Å². The van der Waals surface area contributed by atoms with Gasteiger partial charge in [0.25, 0.3) is 5.56 Å². The normalized spacial score (nSPS) is 15.2. The molecule has 4 aromatic rings. The number of fused-ring (bicyclic) bond motifs is 2. The molecule has 2 aromatic heterocycles. The van der Waals surface area contributed by atoms with Crippen LogP contribution in [0.3, 0.4) is 0 Å². The quantitative estimate of drug-likeness (QED) is 0.475. The minimum atomic E-state index is -0.207. The minimum Gasteiger partial charge on any atom is -0.356 e. The summed E-state index contributed by atoms with van der Waals surface area (Å²) in [5.74, 6) is 0.598. The fraction of sp³-hybridized carbons (Fsp3) is 0.217. The van der Waals surface area contributed by atoms with Crippen LogP contribution in [0.15, 0.2) is 76.8 Å². The van der Waals surface area contributed by atoms with Gasteiger partial charge in [0.1, 0.15) is 5.39 Å². The van der Waals surface area contributed by atoms with Crippen LogP contribution in [0.25, 0.3) is 16.7 Å². The molecule has 0 saturated carbocycles. The number of aromatic nitrogens is 4. The van der Waals surface area contributed by atoms with Gasteiger partial charge in [0, 0.05) is 18.7 Å². The molecule has 156 valence electrons. The first-order valence-electron chi connectivity index (χ1n) is 10.2. The number of carbonyl (C=O) groups excluding carboxylic acids is 1. The van der Waals surface area contributed by atoms with Crippen LogP contribution in [0.5, 0.6) is 0 Å². The molecule has 0 aliphatic carbocycles. The van der Waals surface area contributed by atoms with Crippen molar-refractivity contribution in [2.75, 3.05) is 12.3 Å². The smallest absolute Gasteiger partial charge is 0.265 e. The number of nitrogens with zero attached hydrogens (tertiary/aromatic N) is 4. The monoisotopic (exact) mass is 431 g/mol. The second kappa shape index (κ2) is 8.39. The highest BCUT2D eigenvalue weighted by atomic mass is 32.2. The molecule has 0 unspecified atom stereocenters. The average molecular weight is 432 g/mol. The Balaban J connectivity index is 1.33. The van der Waals surface area contributed by atoms with Gasteiger partial charge in [0.2, 0.25) is 5.91 Å². The lowest BCUT2D eigenvalue weighted by Gasteiger charge is -2.13. The van der Waals surface area contributed by atoms with Gasteiger partial charge >= 0.3 is 0 Å². The highest BCUT2D eigenvalue weighted by Gasteiger charge is 2.29. The molecular formula is C23H21N5O2S. The van der Waals surface area contributed by atoms with Crippen molar-refractivity contribution in [2.45, 2.75) is 24.0 Å². The topological polar surface area (TPSA) is 81.8 Å². The molecular weight excluding hydrogens is 410 g/mol. The van der Waals surface area contributed by atoms with Gasteiger partial charge in [-0.3, -0.25) is 14.2 Å². The highest BCUT2D eigenvalue weighted by molar-refractivity contribution is 7.99. The lowest BCUT2D eigenvalue weighted by Crippen LogP contribution is -2.31. The van der Waals surface area contributed by atoms with Crippen LogP contribution >= 0.6 is 11.8 Å². The molecule has 1 N–H and O–H groups in total. The van der Waals surface area contributed by atoms with E-state index in [9.17, 15) is 9.59 Å². The van der Waals surface area contributed by atoms with Gasteiger partial charge in [-0.2, -0.15) is 5.10 Å². The van der Waals surface area contributed by atoms with Gasteiger partial charge in [-0.05, 0) is 24.1 Å². The Labute approximate surface area is 183 Å². The summed E-state index contributed by atoms with van der Waals surface area (Å²) in [6, 6.07) is 19.5. The van der Waals surface area contributed by atoms with E-state index in [0.717, 1.165) is 12.1 Å². The summed E-state index contributed by atoms with van der Waals surface area (Å²) >= 11 is 1.51. The number of hydrogen-bond donors (Lipinski definition) is 1. The Morgan fingerprint density at radius 1 is 1.10 bits per heavy atom. The summed E-state index contributed by atoms with van der Waals surface area (Å²) in [6.45, 7) is 0.575. The van der Waals surface area contributed by atoms with Crippen LogP contribution in [-0.4, -0.2) is 37.5 Å². The molecule has 0 bridgehead atoms. The van der Waals surface area contributed by atoms with Crippen LogP contribution < -0.4 is 10.9 Å². The molecule has 1 amide bonds. The Hall–Kier alpha value is -3.39. The first kappa shape index (κ1) is 19.6. The maximum atomic E-state index is 13.2. The lowest BCUT2D eigenvalue weighted by molar-refractivity contribution is -0.121. The van der Waals surface area contributed by atoms with E-state index in [4.69, 9.17) is 4.98 Å². The Morgan fingerprint density at radius 2 is 1.84 bits per heavy atom. The number of benzene rings is 2. The lowest BCUT2D eigenvalue weighted by atomic mass is 10.1. The molecule has 3 heterocycles. The summed E-state index contributed by atoms with van der Waals surface area (Å²) < 4.78 is 3.34. The van der Waals surface area contributed by atoms with Crippen molar-refractivity contribution in [3.8, 4) is 5.69 Å². The summed E-state index contributed by atoms with van der Waals surface area (Å²) in [6.07, 6.45) is 2.60. The van der Waals surface area contributed by atoms with Crippen LogP contribution in [0.2, 0.25) is 0 Å². The number of amides is 1. The molecule has 5 rings (SSSR count). The third kappa shape index (κ3) is 3.86. The average Bonchev–Trinajstić information content (AvgIpc) is 3.40. The van der Waals surface area contributed by atoms with Crippen molar-refractivity contribution in [1.29, 1.82) is 0 Å². The Bertz CT molecular complexity index is 1280. The highest BCUT2D eigenvalue weighted by Crippen LogP contribution is 2.33. The predicted molar refractivity (Wildman–Crippen MR) is 121 cm³/mol. The van der Waals surface area contributed by atoms with Crippen molar-refractivity contribution in [3.05, 3.63) is 82.8 Å². The van der Waals surface area contributed by atoms with Gasteiger partial charge in [-0.1, -0.05) is 60.3 Å². The maximum absolute atomic E-state index is 13.2. The number of thioether (sulfide) groups is 1. The van der Waals surface area contributed by atoms with Gasteiger partial charge in [0.15, 0.2) is 10.8 Å². The molecule has 7 nitrogen and oxygen atoms in total. The summed E-state index contributed by atoms with van der Waals surface area (Å²) in [5.41, 5.74) is 2.44. The van der Waals surface area contributed by atoms with E-state index in [0.29, 0.717) is 28.5 Å². The zero-order valence-corrected chi connectivity index (χ0v) is 17.6. The molecule has 8 heteroatoms. The molecule has 0 saturated heterocycles. The Morgan fingerprint density at radius 3 is 2.61 bits per heavy atom. The van der Waals surface area contributed by atoms with Gasteiger partial charge < -0.3 is 5.32 Å². The number of carbonyl (C=O) groups is 1. The predicted octanol–water partition coefficient (Wildman–Crippen LogP) is 2.98. The second-order valence-corrected chi connectivity index (χ2v) is 8.44. The minimum absolute atomic E-state index is 0.0543. The zero-order chi connectivity index (χ0) is 21.2. The van der Waals surface area contributed by atoms with E-state index in [1.165, 1.54) is 17.3 Å². The number of hydrogen-bond acceptors (Lipinski definition) is 5. The van der Waals surface area contributed by atoms with Crippen LogP contribution in [-0.2, 0) is 11.2 Å². The van der Waals surface area contributed by atoms with Crippen molar-refractivity contribution >= 4 is 28.7 Å². The standard InChI is InChI=1S/C23H21N5O2S/c29-20(24-12-11-16-7-3-1-4-8-16)13-18-15-31-23-26-21-19(22(30)27(18)23)14-25-28(21)17-9-5-2-6-10-17/h1-10,14,18H,11-13,15H2,(H,24,29)/t18-/m0/s1. The van der Waals surface area contributed by atoms with Gasteiger partial charge in [0.05, 0.1) is 17.9 Å². The third-order valence-electron chi connectivity index (χ3n) is 5.37. The molecule has 0 fully saturated rings. The van der Waals surface area contributed by atoms with E-state index < -0.39 is 0 Å². The fourth-order valence-corrected chi connectivity index (χ4v) is 4.95. The molecule has 31 heavy (non-hydrogen) atoms. The zero-order valence-electron chi connectivity index (χ0n) is 16.8. The number of nitrogens with one attached hydrogen (secondary N) is 1. The summed E-state index contributed by atoms with van der Waals surface area (Å²) in [7, 11) is 0. The SMILES string of the molecule is O=C(C[C@H]1CSc2nc3c(cnn3-c3ccccc3)c(=O)n21)NCCc1ccccc1. The van der Waals surface area contributed by atoms with Crippen molar-refractivity contribution in [1.82, 2.24) is 24.6 Å². The summed E-state index contributed by atoms with van der Waals surface area (Å²) in [5, 5.41) is 8.44. The third-order valence-corrected chi connectivity index (χ3v) is 6.47. The largest absolute Gasteiger partial charge is 0.356 e. The molecule has 2 aromatic carbocycles. The molecule has 0 spiro atoms. The maximum Gasteiger partial charge on any atom is 0.265 e. The van der Waals surface area contributed by atoms with Crippen LogP contribution in [0.1, 0.15) is 18.0 Å². The van der Waals surface area contributed by atoms with Gasteiger partial charge in [-0.15, -0.1) is 0 Å². The number of rotatable bonds is 6. The first-order valence-corrected chi connectivity index (χ1v) is 11.2. The Kier molecular flexibility index (Phi) is 5.30. The van der Waals surface area contributed by atoms with E-state index >= 15 is 0 Å². The summed E-state index contributed by atoms with van der Waals surface area (Å²) in [4.78, 5) is 30.4. The second-order valence-electron chi connectivity index (χ2n) is 7.45. The molecule has 0 radical (unpaired) electrons. The molecule has 1 atom stereocenters. The number of para-hydroxylation sites is 1. The van der Waals surface area contributed by atoms with Crippen molar-refractivity contribution < 1.29 is 4.79 Å². The van der Waals surface area contributed by atoms with Crippen LogP contribution in [0, 0.1) is 0 Å². The fourth-order valence-electron chi connectivity index (χ4n) is 3.82. The molecule has 1 aliphatic heterocycles. The van der Waals surface area contributed by atoms with Gasteiger partial charge in [-0.25, -0.2) is 9.67 Å². The van der Waals surface area contributed by atoms with E-state index in [1.807, 2.05) is 60.7 Å². The first-order chi connectivity index (χ1) is 15.2.